The quantitative estimate of drug-likeness (QED) is 0.269. The fraction of sp³-hybridized carbons (Fsp3) is 0.0357. The van der Waals surface area contributed by atoms with Crippen molar-refractivity contribution in [3.05, 3.63) is 111 Å². The van der Waals surface area contributed by atoms with Gasteiger partial charge in [0.05, 0.1) is 16.5 Å². The van der Waals surface area contributed by atoms with E-state index in [4.69, 9.17) is 4.74 Å². The molecule has 0 fully saturated rings. The second-order valence-corrected chi connectivity index (χ2v) is 9.67. The zero-order chi connectivity index (χ0) is 28.0. The monoisotopic (exact) mass is 602 g/mol. The van der Waals surface area contributed by atoms with Gasteiger partial charge in [-0.3, -0.25) is 14.2 Å². The number of amides is 1. The normalized spacial score (nSPS) is 11.2. The number of rotatable bonds is 5. The number of hydrogen-bond donors (Lipinski definition) is 1. The van der Waals surface area contributed by atoms with Crippen LogP contribution in [0, 0.1) is 11.6 Å². The molecule has 0 aliphatic heterocycles. The van der Waals surface area contributed by atoms with Gasteiger partial charge in [0, 0.05) is 41.9 Å². The second-order valence-electron chi connectivity index (χ2n) is 8.76. The van der Waals surface area contributed by atoms with Gasteiger partial charge >= 0.3 is 0 Å². The summed E-state index contributed by atoms with van der Waals surface area (Å²) >= 11 is 3.22. The number of hydrogen-bond acceptors (Lipinski definition) is 6. The molecule has 0 aliphatic rings. The van der Waals surface area contributed by atoms with E-state index in [1.807, 2.05) is 7.05 Å². The summed E-state index contributed by atoms with van der Waals surface area (Å²) in [5.74, 6) is -2.11. The van der Waals surface area contributed by atoms with E-state index in [2.05, 4.69) is 36.2 Å². The molecule has 1 N–H and O–H groups in total. The molecule has 0 radical (unpaired) electrons. The number of aryl methyl sites for hydroxylation is 1. The van der Waals surface area contributed by atoms with Gasteiger partial charge in [-0.05, 0) is 48.5 Å². The maximum Gasteiger partial charge on any atom is 0.261 e. The number of carbonyl (C=O) groups is 1. The Bertz CT molecular complexity index is 2020. The van der Waals surface area contributed by atoms with Crippen molar-refractivity contribution in [1.82, 2.24) is 24.1 Å². The second kappa shape index (κ2) is 9.97. The van der Waals surface area contributed by atoms with Crippen molar-refractivity contribution < 1.29 is 18.3 Å². The summed E-state index contributed by atoms with van der Waals surface area (Å²) in [6.45, 7) is 0. The Labute approximate surface area is 232 Å². The van der Waals surface area contributed by atoms with Crippen LogP contribution in [-0.4, -0.2) is 30.0 Å². The van der Waals surface area contributed by atoms with Crippen LogP contribution >= 0.6 is 15.9 Å². The van der Waals surface area contributed by atoms with E-state index in [9.17, 15) is 18.4 Å². The smallest absolute Gasteiger partial charge is 0.261 e. The lowest BCUT2D eigenvalue weighted by Gasteiger charge is -2.14. The van der Waals surface area contributed by atoms with Crippen LogP contribution in [0.4, 0.5) is 14.5 Å². The zero-order valence-electron chi connectivity index (χ0n) is 20.6. The number of ether oxygens (including phenoxy) is 1. The number of nitrogens with zero attached hydrogens (tertiary/aromatic N) is 5. The highest BCUT2D eigenvalue weighted by atomic mass is 79.9. The third kappa shape index (κ3) is 4.47. The molecule has 0 saturated carbocycles. The molecule has 40 heavy (non-hydrogen) atoms. The van der Waals surface area contributed by atoms with E-state index >= 15 is 0 Å². The highest BCUT2D eigenvalue weighted by Crippen LogP contribution is 2.30. The van der Waals surface area contributed by atoms with Crippen LogP contribution in [0.3, 0.4) is 0 Å². The molecule has 0 bridgehead atoms. The van der Waals surface area contributed by atoms with Crippen LogP contribution < -0.4 is 15.5 Å². The third-order valence-electron chi connectivity index (χ3n) is 6.20. The van der Waals surface area contributed by atoms with Gasteiger partial charge in [-0.25, -0.2) is 23.7 Å². The first-order chi connectivity index (χ1) is 19.3. The fourth-order valence-corrected chi connectivity index (χ4v) is 4.62. The van der Waals surface area contributed by atoms with Gasteiger partial charge < -0.3 is 14.6 Å². The van der Waals surface area contributed by atoms with Crippen LogP contribution in [0.5, 0.6) is 11.6 Å². The first-order valence-electron chi connectivity index (χ1n) is 11.8. The molecule has 2 aromatic carbocycles. The van der Waals surface area contributed by atoms with Crippen molar-refractivity contribution >= 4 is 49.6 Å². The predicted octanol–water partition coefficient (Wildman–Crippen LogP) is 5.75. The molecule has 0 atom stereocenters. The number of anilines is 1. The Morgan fingerprint density at radius 3 is 2.62 bits per heavy atom. The van der Waals surface area contributed by atoms with Gasteiger partial charge in [-0.1, -0.05) is 15.9 Å². The van der Waals surface area contributed by atoms with Crippen molar-refractivity contribution in [1.29, 1.82) is 0 Å². The number of nitrogens with one attached hydrogen (secondary N) is 1. The first kappa shape index (κ1) is 25.3. The molecule has 1 amide bonds. The van der Waals surface area contributed by atoms with Crippen molar-refractivity contribution in [2.45, 2.75) is 0 Å². The minimum atomic E-state index is -0.808. The van der Waals surface area contributed by atoms with Gasteiger partial charge in [-0.15, -0.1) is 0 Å². The lowest BCUT2D eigenvalue weighted by molar-refractivity contribution is 0.102. The third-order valence-corrected chi connectivity index (χ3v) is 6.69. The Morgan fingerprint density at radius 1 is 0.975 bits per heavy atom. The largest absolute Gasteiger partial charge is 0.435 e. The molecule has 0 spiro atoms. The van der Waals surface area contributed by atoms with Crippen LogP contribution in [0.1, 0.15) is 10.4 Å². The van der Waals surface area contributed by atoms with E-state index in [0.717, 1.165) is 6.07 Å². The van der Waals surface area contributed by atoms with Crippen LogP contribution in [0.15, 0.2) is 88.8 Å². The minimum absolute atomic E-state index is 0.0782. The van der Waals surface area contributed by atoms with Crippen LogP contribution in [-0.2, 0) is 7.05 Å². The average molecular weight is 603 g/mol. The van der Waals surface area contributed by atoms with Crippen molar-refractivity contribution in [2.24, 2.45) is 7.05 Å². The summed E-state index contributed by atoms with van der Waals surface area (Å²) in [6.07, 6.45) is 5.78. The standard InChI is InChI=1S/C28H17BrF2N6O3/c1-36-10-8-18-25(36)33-14-34-28(18)40-23-7-5-16(12-21(23)31)35-27(39)19-13-37(22-6-4-15(29)11-20(22)30)26-17(24(19)38)3-2-9-32-26/h2-14H,1H3,(H,35,39). The molecular formula is C28H17BrF2N6O3. The summed E-state index contributed by atoms with van der Waals surface area (Å²) in [5.41, 5.74) is 0.0743. The Balaban J connectivity index is 1.33. The van der Waals surface area contributed by atoms with Crippen LogP contribution in [0.25, 0.3) is 27.8 Å². The summed E-state index contributed by atoms with van der Waals surface area (Å²) in [4.78, 5) is 38.9. The van der Waals surface area contributed by atoms with Gasteiger partial charge in [0.2, 0.25) is 11.3 Å². The number of fused-ring (bicyclic) bond motifs is 2. The van der Waals surface area contributed by atoms with Crippen molar-refractivity contribution in [3.8, 4) is 17.3 Å². The van der Waals surface area contributed by atoms with Gasteiger partial charge in [0.25, 0.3) is 5.91 Å². The number of aromatic nitrogens is 5. The number of carbonyl (C=O) groups excluding carboxylic acids is 1. The van der Waals surface area contributed by atoms with E-state index in [1.165, 1.54) is 53.6 Å². The molecule has 0 aliphatic carbocycles. The summed E-state index contributed by atoms with van der Waals surface area (Å²) in [7, 11) is 1.81. The van der Waals surface area contributed by atoms with Gasteiger partial charge in [0.1, 0.15) is 29.0 Å². The molecular weight excluding hydrogens is 586 g/mol. The predicted molar refractivity (Wildman–Crippen MR) is 148 cm³/mol. The topological polar surface area (TPSA) is 104 Å². The SMILES string of the molecule is Cn1ccc2c(Oc3ccc(NC(=O)c4cn(-c5ccc(Br)cc5F)c5ncccc5c4=O)cc3F)ncnc21. The summed E-state index contributed by atoms with van der Waals surface area (Å²) in [6, 6.07) is 13.0. The van der Waals surface area contributed by atoms with Crippen molar-refractivity contribution in [3.63, 3.8) is 0 Å². The summed E-state index contributed by atoms with van der Waals surface area (Å²) < 4.78 is 39.2. The molecule has 6 aromatic rings. The molecule has 12 heteroatoms. The number of pyridine rings is 2. The maximum absolute atomic E-state index is 15.0. The summed E-state index contributed by atoms with van der Waals surface area (Å²) in [5, 5.41) is 3.25. The Kier molecular flexibility index (Phi) is 6.31. The van der Waals surface area contributed by atoms with E-state index < -0.39 is 23.0 Å². The fourth-order valence-electron chi connectivity index (χ4n) is 4.28. The number of benzene rings is 2. The van der Waals surface area contributed by atoms with E-state index in [0.29, 0.717) is 15.5 Å². The minimum Gasteiger partial charge on any atom is -0.435 e. The van der Waals surface area contributed by atoms with E-state index in [-0.39, 0.29) is 39.6 Å². The maximum atomic E-state index is 15.0. The first-order valence-corrected chi connectivity index (χ1v) is 12.6. The highest BCUT2D eigenvalue weighted by molar-refractivity contribution is 9.10. The molecule has 4 aromatic heterocycles. The molecule has 4 heterocycles. The lowest BCUT2D eigenvalue weighted by Crippen LogP contribution is -2.24. The van der Waals surface area contributed by atoms with Gasteiger partial charge in [-0.2, -0.15) is 0 Å². The Morgan fingerprint density at radius 2 is 1.82 bits per heavy atom. The van der Waals surface area contributed by atoms with Crippen molar-refractivity contribution in [2.75, 3.05) is 5.32 Å². The zero-order valence-corrected chi connectivity index (χ0v) is 22.2. The average Bonchev–Trinajstić information content (AvgIpc) is 3.32. The van der Waals surface area contributed by atoms with Crippen LogP contribution in [0.2, 0.25) is 0 Å². The molecule has 0 saturated heterocycles. The highest BCUT2D eigenvalue weighted by Gasteiger charge is 2.19. The number of halogens is 3. The van der Waals surface area contributed by atoms with E-state index in [1.54, 1.807) is 29.0 Å². The molecule has 9 nitrogen and oxygen atoms in total. The molecule has 6 rings (SSSR count). The Hall–Kier alpha value is -4.97. The van der Waals surface area contributed by atoms with Gasteiger partial charge in [0.15, 0.2) is 11.6 Å². The lowest BCUT2D eigenvalue weighted by atomic mass is 10.1. The molecule has 0 unspecified atom stereocenters. The molecule has 198 valence electrons.